The highest BCUT2D eigenvalue weighted by Gasteiger charge is 2.05. The zero-order valence-corrected chi connectivity index (χ0v) is 11.7. The molecular formula is C12H17BrFNO3. The van der Waals surface area contributed by atoms with Crippen LogP contribution in [-0.4, -0.2) is 44.7 Å². The number of aliphatic hydroxyl groups is 1. The van der Waals surface area contributed by atoms with Crippen LogP contribution < -0.4 is 5.32 Å². The molecule has 1 atom stereocenters. The van der Waals surface area contributed by atoms with Crippen molar-refractivity contribution in [2.24, 2.45) is 0 Å². The van der Waals surface area contributed by atoms with Crippen LogP contribution in [0.5, 0.6) is 0 Å². The van der Waals surface area contributed by atoms with Crippen molar-refractivity contribution in [2.75, 3.05) is 38.8 Å². The third-order valence-corrected chi connectivity index (χ3v) is 2.81. The molecule has 1 aromatic carbocycles. The van der Waals surface area contributed by atoms with E-state index in [0.29, 0.717) is 24.2 Å². The van der Waals surface area contributed by atoms with Gasteiger partial charge in [-0.15, -0.1) is 0 Å². The number of nitrogens with one attached hydrogen (secondary N) is 1. The minimum absolute atomic E-state index is 0.235. The van der Waals surface area contributed by atoms with E-state index >= 15 is 0 Å². The summed E-state index contributed by atoms with van der Waals surface area (Å²) in [6.45, 7) is 1.53. The third kappa shape index (κ3) is 5.77. The zero-order valence-electron chi connectivity index (χ0n) is 10.2. The highest BCUT2D eigenvalue weighted by molar-refractivity contribution is 9.10. The molecule has 0 amide bonds. The molecule has 2 N–H and O–H groups in total. The molecule has 6 heteroatoms. The summed E-state index contributed by atoms with van der Waals surface area (Å²) in [5.41, 5.74) is 0.735. The monoisotopic (exact) mass is 321 g/mol. The number of hydrogen-bond acceptors (Lipinski definition) is 4. The first-order valence-corrected chi connectivity index (χ1v) is 6.36. The second-order valence-corrected chi connectivity index (χ2v) is 4.59. The number of halogens is 2. The van der Waals surface area contributed by atoms with E-state index in [2.05, 4.69) is 21.2 Å². The topological polar surface area (TPSA) is 50.7 Å². The fourth-order valence-electron chi connectivity index (χ4n) is 1.26. The van der Waals surface area contributed by atoms with E-state index < -0.39 is 6.10 Å². The molecule has 0 aromatic heterocycles. The molecule has 18 heavy (non-hydrogen) atoms. The summed E-state index contributed by atoms with van der Waals surface area (Å²) in [6.07, 6.45) is -0.620. The van der Waals surface area contributed by atoms with Gasteiger partial charge in [0.15, 0.2) is 0 Å². The van der Waals surface area contributed by atoms with Crippen LogP contribution in [0.4, 0.5) is 10.1 Å². The van der Waals surface area contributed by atoms with Gasteiger partial charge < -0.3 is 19.9 Å². The number of anilines is 1. The second kappa shape index (κ2) is 8.42. The summed E-state index contributed by atoms with van der Waals surface area (Å²) in [5.74, 6) is -0.316. The summed E-state index contributed by atoms with van der Waals surface area (Å²) in [6, 6.07) is 4.58. The Kier molecular flexibility index (Phi) is 7.19. The molecule has 0 spiro atoms. The second-order valence-electron chi connectivity index (χ2n) is 3.73. The number of rotatable bonds is 8. The van der Waals surface area contributed by atoms with Gasteiger partial charge in [-0.05, 0) is 34.1 Å². The van der Waals surface area contributed by atoms with Crippen molar-refractivity contribution in [1.82, 2.24) is 0 Å². The number of ether oxygens (including phenoxy) is 2. The predicted molar refractivity (Wildman–Crippen MR) is 71.3 cm³/mol. The molecule has 1 rings (SSSR count). The summed E-state index contributed by atoms with van der Waals surface area (Å²) in [4.78, 5) is 0. The fourth-order valence-corrected chi connectivity index (χ4v) is 1.64. The molecule has 0 saturated carbocycles. The molecule has 0 fully saturated rings. The average Bonchev–Trinajstić information content (AvgIpc) is 2.36. The van der Waals surface area contributed by atoms with Crippen molar-refractivity contribution >= 4 is 21.6 Å². The lowest BCUT2D eigenvalue weighted by Gasteiger charge is -2.13. The van der Waals surface area contributed by atoms with Crippen LogP contribution in [0.15, 0.2) is 22.7 Å². The minimum atomic E-state index is -0.620. The first kappa shape index (κ1) is 15.4. The summed E-state index contributed by atoms with van der Waals surface area (Å²) in [5, 5.41) is 12.6. The van der Waals surface area contributed by atoms with Gasteiger partial charge >= 0.3 is 0 Å². The van der Waals surface area contributed by atoms with Crippen LogP contribution in [-0.2, 0) is 9.47 Å². The van der Waals surface area contributed by atoms with Gasteiger partial charge in [0.2, 0.25) is 0 Å². The zero-order chi connectivity index (χ0) is 13.4. The molecule has 0 aliphatic rings. The molecule has 0 saturated heterocycles. The van der Waals surface area contributed by atoms with Gasteiger partial charge in [-0.3, -0.25) is 0 Å². The Morgan fingerprint density at radius 2 is 2.22 bits per heavy atom. The number of aliphatic hydroxyl groups excluding tert-OH is 1. The maximum absolute atomic E-state index is 13.0. The molecule has 0 bridgehead atoms. The Morgan fingerprint density at radius 1 is 1.44 bits per heavy atom. The number of methoxy groups -OCH3 is 1. The van der Waals surface area contributed by atoms with Gasteiger partial charge in [-0.25, -0.2) is 4.39 Å². The molecule has 4 nitrogen and oxygen atoms in total. The van der Waals surface area contributed by atoms with Crippen LogP contribution in [0.3, 0.4) is 0 Å². The average molecular weight is 322 g/mol. The van der Waals surface area contributed by atoms with Gasteiger partial charge in [0.1, 0.15) is 5.82 Å². The Morgan fingerprint density at radius 3 is 2.89 bits per heavy atom. The highest BCUT2D eigenvalue weighted by atomic mass is 79.9. The summed E-state index contributed by atoms with van der Waals surface area (Å²) < 4.78 is 23.4. The van der Waals surface area contributed by atoms with E-state index in [4.69, 9.17) is 9.47 Å². The third-order valence-electron chi connectivity index (χ3n) is 2.20. The van der Waals surface area contributed by atoms with Crippen LogP contribution in [0.1, 0.15) is 0 Å². The normalized spacial score (nSPS) is 12.4. The summed E-state index contributed by atoms with van der Waals surface area (Å²) >= 11 is 3.10. The summed E-state index contributed by atoms with van der Waals surface area (Å²) in [7, 11) is 1.59. The van der Waals surface area contributed by atoms with Crippen molar-refractivity contribution in [1.29, 1.82) is 0 Å². The SMILES string of the molecule is COCCOCC(O)CNc1ccc(F)c(Br)c1. The first-order chi connectivity index (χ1) is 8.63. The minimum Gasteiger partial charge on any atom is -0.389 e. The molecule has 1 unspecified atom stereocenters. The van der Waals surface area contributed by atoms with Crippen LogP contribution in [0.2, 0.25) is 0 Å². The van der Waals surface area contributed by atoms with E-state index in [9.17, 15) is 9.50 Å². The Hall–Kier alpha value is -0.690. The van der Waals surface area contributed by atoms with Gasteiger partial charge in [-0.2, -0.15) is 0 Å². The van der Waals surface area contributed by atoms with E-state index in [1.165, 1.54) is 6.07 Å². The van der Waals surface area contributed by atoms with Gasteiger partial charge in [0, 0.05) is 19.3 Å². The Bertz CT molecular complexity index is 365. The number of benzene rings is 1. The lowest BCUT2D eigenvalue weighted by molar-refractivity contribution is 0.0182. The largest absolute Gasteiger partial charge is 0.389 e. The fraction of sp³-hybridized carbons (Fsp3) is 0.500. The van der Waals surface area contributed by atoms with E-state index in [0.717, 1.165) is 5.69 Å². The molecular weight excluding hydrogens is 305 g/mol. The lowest BCUT2D eigenvalue weighted by Crippen LogP contribution is -2.25. The van der Waals surface area contributed by atoms with Crippen molar-refractivity contribution < 1.29 is 19.0 Å². The molecule has 102 valence electrons. The molecule has 0 aliphatic carbocycles. The van der Waals surface area contributed by atoms with Crippen LogP contribution in [0, 0.1) is 5.82 Å². The molecule has 0 heterocycles. The Balaban J connectivity index is 2.24. The molecule has 1 aromatic rings. The van der Waals surface area contributed by atoms with E-state index in [-0.39, 0.29) is 12.4 Å². The quantitative estimate of drug-likeness (QED) is 0.719. The van der Waals surface area contributed by atoms with Crippen molar-refractivity contribution in [3.8, 4) is 0 Å². The van der Waals surface area contributed by atoms with E-state index in [1.54, 1.807) is 19.2 Å². The highest BCUT2D eigenvalue weighted by Crippen LogP contribution is 2.19. The van der Waals surface area contributed by atoms with E-state index in [1.807, 2.05) is 0 Å². The number of hydrogen-bond donors (Lipinski definition) is 2. The lowest BCUT2D eigenvalue weighted by atomic mass is 10.3. The standard InChI is InChI=1S/C12H17BrFNO3/c1-17-4-5-18-8-10(16)7-15-9-2-3-12(14)11(13)6-9/h2-3,6,10,15-16H,4-5,7-8H2,1H3. The molecule has 0 aliphatic heterocycles. The van der Waals surface area contributed by atoms with Gasteiger partial charge in [0.05, 0.1) is 30.4 Å². The predicted octanol–water partition coefficient (Wildman–Crippen LogP) is 2.02. The maximum atomic E-state index is 13.0. The van der Waals surface area contributed by atoms with Gasteiger partial charge in [-0.1, -0.05) is 0 Å². The van der Waals surface area contributed by atoms with Crippen molar-refractivity contribution in [2.45, 2.75) is 6.10 Å². The van der Waals surface area contributed by atoms with Gasteiger partial charge in [0.25, 0.3) is 0 Å². The van der Waals surface area contributed by atoms with Crippen LogP contribution >= 0.6 is 15.9 Å². The van der Waals surface area contributed by atoms with Crippen molar-refractivity contribution in [3.63, 3.8) is 0 Å². The smallest absolute Gasteiger partial charge is 0.137 e. The maximum Gasteiger partial charge on any atom is 0.137 e. The van der Waals surface area contributed by atoms with Crippen LogP contribution in [0.25, 0.3) is 0 Å². The van der Waals surface area contributed by atoms with Crippen molar-refractivity contribution in [3.05, 3.63) is 28.5 Å². The Labute approximate surface area is 114 Å². The first-order valence-electron chi connectivity index (χ1n) is 5.57. The molecule has 0 radical (unpaired) electrons.